The normalized spacial score (nSPS) is 10.4. The molecule has 0 unspecified atom stereocenters. The van der Waals surface area contributed by atoms with E-state index >= 15 is 0 Å². The van der Waals surface area contributed by atoms with Gasteiger partial charge in [0.1, 0.15) is 18.1 Å². The van der Waals surface area contributed by atoms with E-state index in [1.807, 2.05) is 19.1 Å². The van der Waals surface area contributed by atoms with Crippen molar-refractivity contribution in [2.24, 2.45) is 0 Å². The molecule has 25 heavy (non-hydrogen) atoms. The molecule has 0 saturated carbocycles. The van der Waals surface area contributed by atoms with Gasteiger partial charge in [-0.1, -0.05) is 26.0 Å². The first-order valence-electron chi connectivity index (χ1n) is 8.41. The summed E-state index contributed by atoms with van der Waals surface area (Å²) < 4.78 is 11.1. The monoisotopic (exact) mass is 343 g/mol. The van der Waals surface area contributed by atoms with Gasteiger partial charge in [-0.25, -0.2) is 0 Å². The maximum atomic E-state index is 11.9. The van der Waals surface area contributed by atoms with Gasteiger partial charge in [-0.2, -0.15) is 5.06 Å². The lowest BCUT2D eigenvalue weighted by atomic mass is 10.1. The van der Waals surface area contributed by atoms with Crippen LogP contribution in [0, 0.1) is 6.92 Å². The van der Waals surface area contributed by atoms with Crippen molar-refractivity contribution < 1.29 is 19.5 Å². The van der Waals surface area contributed by atoms with Gasteiger partial charge < -0.3 is 9.47 Å². The van der Waals surface area contributed by atoms with E-state index in [0.717, 1.165) is 17.7 Å². The minimum Gasteiger partial charge on any atom is -0.497 e. The van der Waals surface area contributed by atoms with Crippen LogP contribution in [0.15, 0.2) is 36.4 Å². The Balaban J connectivity index is 2.25. The zero-order chi connectivity index (χ0) is 18.4. The molecule has 0 radical (unpaired) electrons. The minimum atomic E-state index is -0.391. The third-order valence-electron chi connectivity index (χ3n) is 4.09. The zero-order valence-corrected chi connectivity index (χ0v) is 15.2. The number of nitrogens with zero attached hydrogens (tertiary/aromatic N) is 1. The summed E-state index contributed by atoms with van der Waals surface area (Å²) in [6, 6.07) is 11.3. The molecule has 0 bridgehead atoms. The van der Waals surface area contributed by atoms with Crippen LogP contribution in [-0.4, -0.2) is 18.2 Å². The fourth-order valence-corrected chi connectivity index (χ4v) is 2.52. The van der Waals surface area contributed by atoms with Crippen LogP contribution >= 0.6 is 0 Å². The Labute approximate surface area is 148 Å². The molecule has 0 fully saturated rings. The number of ether oxygens (including phenoxy) is 2. The first kappa shape index (κ1) is 18.8. The van der Waals surface area contributed by atoms with Gasteiger partial charge in [-0.05, 0) is 42.7 Å². The van der Waals surface area contributed by atoms with Crippen LogP contribution in [0.3, 0.4) is 0 Å². The van der Waals surface area contributed by atoms with E-state index in [-0.39, 0.29) is 13.0 Å². The molecule has 2 rings (SSSR count). The van der Waals surface area contributed by atoms with Gasteiger partial charge >= 0.3 is 0 Å². The number of anilines is 1. The Kier molecular flexibility index (Phi) is 6.42. The number of hydroxylamine groups is 1. The molecule has 0 aliphatic carbocycles. The van der Waals surface area contributed by atoms with Crippen molar-refractivity contribution in [2.45, 2.75) is 40.2 Å². The smallest absolute Gasteiger partial charge is 0.250 e. The molecule has 5 nitrogen and oxygen atoms in total. The average molecular weight is 343 g/mol. The van der Waals surface area contributed by atoms with Crippen LogP contribution in [0.1, 0.15) is 37.0 Å². The number of benzene rings is 2. The second-order valence-electron chi connectivity index (χ2n) is 5.80. The van der Waals surface area contributed by atoms with Gasteiger partial charge in [-0.3, -0.25) is 10.0 Å². The highest BCUT2D eigenvalue weighted by atomic mass is 16.5. The number of carbonyl (C=O) groups excluding carboxylic acids is 1. The van der Waals surface area contributed by atoms with Crippen LogP contribution in [0.25, 0.3) is 0 Å². The number of hydrogen-bond donors (Lipinski definition) is 1. The molecule has 134 valence electrons. The van der Waals surface area contributed by atoms with Crippen molar-refractivity contribution >= 4 is 11.6 Å². The maximum Gasteiger partial charge on any atom is 0.250 e. The topological polar surface area (TPSA) is 59.0 Å². The highest BCUT2D eigenvalue weighted by Gasteiger charge is 2.17. The van der Waals surface area contributed by atoms with Gasteiger partial charge in [0, 0.05) is 18.1 Å². The fourth-order valence-electron chi connectivity index (χ4n) is 2.52. The lowest BCUT2D eigenvalue weighted by molar-refractivity contribution is -0.123. The van der Waals surface area contributed by atoms with E-state index in [4.69, 9.17) is 9.47 Å². The van der Waals surface area contributed by atoms with E-state index in [1.54, 1.807) is 25.1 Å². The van der Waals surface area contributed by atoms with Gasteiger partial charge in [-0.15, -0.1) is 0 Å². The zero-order valence-electron chi connectivity index (χ0n) is 15.2. The Hall–Kier alpha value is -2.53. The summed E-state index contributed by atoms with van der Waals surface area (Å²) in [5, 5.41) is 10.8. The van der Waals surface area contributed by atoms with Crippen molar-refractivity contribution in [3.05, 3.63) is 53.1 Å². The van der Waals surface area contributed by atoms with Crippen molar-refractivity contribution in [3.8, 4) is 11.5 Å². The summed E-state index contributed by atoms with van der Waals surface area (Å²) >= 11 is 0. The van der Waals surface area contributed by atoms with Crippen molar-refractivity contribution in [1.29, 1.82) is 0 Å². The number of methoxy groups -OCH3 is 1. The summed E-state index contributed by atoms with van der Waals surface area (Å²) in [5.74, 6) is 0.952. The lowest BCUT2D eigenvalue weighted by Crippen LogP contribution is -2.27. The highest BCUT2D eigenvalue weighted by molar-refractivity contribution is 5.91. The molecule has 0 aliphatic rings. The summed E-state index contributed by atoms with van der Waals surface area (Å²) in [6.45, 7) is 6.04. The molecule has 1 amide bonds. The molecule has 0 atom stereocenters. The van der Waals surface area contributed by atoms with E-state index in [2.05, 4.69) is 13.0 Å². The number of rotatable bonds is 7. The quantitative estimate of drug-likeness (QED) is 0.602. The number of carbonyl (C=O) groups is 1. The maximum absolute atomic E-state index is 11.9. The second kappa shape index (κ2) is 8.53. The van der Waals surface area contributed by atoms with Crippen LogP contribution in [-0.2, 0) is 17.8 Å². The predicted molar refractivity (Wildman–Crippen MR) is 97.4 cm³/mol. The first-order chi connectivity index (χ1) is 12.0. The molecular formula is C20H25NO4. The van der Waals surface area contributed by atoms with Gasteiger partial charge in [0.15, 0.2) is 0 Å². The largest absolute Gasteiger partial charge is 0.497 e. The minimum absolute atomic E-state index is 0.200. The van der Waals surface area contributed by atoms with Crippen molar-refractivity contribution in [1.82, 2.24) is 0 Å². The molecule has 2 aromatic rings. The molecular weight excluding hydrogens is 318 g/mol. The molecule has 2 aromatic carbocycles. The number of hydrogen-bond acceptors (Lipinski definition) is 4. The third kappa shape index (κ3) is 4.51. The summed E-state index contributed by atoms with van der Waals surface area (Å²) in [5.41, 5.74) is 3.38. The summed E-state index contributed by atoms with van der Waals surface area (Å²) in [4.78, 5) is 11.9. The fraction of sp³-hybridized carbons (Fsp3) is 0.350. The van der Waals surface area contributed by atoms with Crippen LogP contribution in [0.4, 0.5) is 5.69 Å². The van der Waals surface area contributed by atoms with Crippen LogP contribution in [0.5, 0.6) is 11.5 Å². The predicted octanol–water partition coefficient (Wildman–Crippen LogP) is 4.28. The molecule has 0 saturated heterocycles. The van der Waals surface area contributed by atoms with E-state index < -0.39 is 5.91 Å². The van der Waals surface area contributed by atoms with Gasteiger partial charge in [0.2, 0.25) is 5.91 Å². The third-order valence-corrected chi connectivity index (χ3v) is 4.09. The standard InChI is InChI=1S/C20H25NO4/c1-5-15-7-10-19(14(3)11-15)25-13-16-8-9-17(24-4)12-18(16)21(23)20(22)6-2/h7-12,23H,5-6,13H2,1-4H3. The SMILES string of the molecule is CCC(=O)N(O)c1cc(OC)ccc1COc1ccc(CC)cc1C. The number of aryl methyl sites for hydroxylation is 2. The van der Waals surface area contributed by atoms with Crippen molar-refractivity contribution in [2.75, 3.05) is 12.2 Å². The Morgan fingerprint density at radius 3 is 2.52 bits per heavy atom. The van der Waals surface area contributed by atoms with Crippen LogP contribution < -0.4 is 14.5 Å². The van der Waals surface area contributed by atoms with E-state index in [9.17, 15) is 10.0 Å². The van der Waals surface area contributed by atoms with Crippen molar-refractivity contribution in [3.63, 3.8) is 0 Å². The summed E-state index contributed by atoms with van der Waals surface area (Å²) in [7, 11) is 1.54. The molecule has 0 aliphatic heterocycles. The van der Waals surface area contributed by atoms with E-state index in [0.29, 0.717) is 22.1 Å². The van der Waals surface area contributed by atoms with Gasteiger partial charge in [0.05, 0.1) is 12.8 Å². The lowest BCUT2D eigenvalue weighted by Gasteiger charge is -2.19. The van der Waals surface area contributed by atoms with Gasteiger partial charge in [0.25, 0.3) is 0 Å². The molecule has 0 aromatic heterocycles. The Morgan fingerprint density at radius 2 is 1.92 bits per heavy atom. The molecule has 0 heterocycles. The molecule has 5 heteroatoms. The molecule has 1 N–H and O–H groups in total. The second-order valence-corrected chi connectivity index (χ2v) is 5.80. The van der Waals surface area contributed by atoms with Crippen LogP contribution in [0.2, 0.25) is 0 Å². The number of amides is 1. The van der Waals surface area contributed by atoms with E-state index in [1.165, 1.54) is 12.7 Å². The Morgan fingerprint density at radius 1 is 1.16 bits per heavy atom. The average Bonchev–Trinajstić information content (AvgIpc) is 2.65. The summed E-state index contributed by atoms with van der Waals surface area (Å²) in [6.07, 6.45) is 1.17. The first-order valence-corrected chi connectivity index (χ1v) is 8.41. The Bertz CT molecular complexity index is 742. The molecule has 0 spiro atoms. The highest BCUT2D eigenvalue weighted by Crippen LogP contribution is 2.28.